The van der Waals surface area contributed by atoms with Crippen LogP contribution in [0.5, 0.6) is 0 Å². The number of aliphatic hydroxyl groups is 1. The summed E-state index contributed by atoms with van der Waals surface area (Å²) in [6.45, 7) is 0.0859. The van der Waals surface area contributed by atoms with Crippen LogP contribution in [0.4, 0.5) is 13.2 Å². The summed E-state index contributed by atoms with van der Waals surface area (Å²) in [5, 5.41) is 9.15. The van der Waals surface area contributed by atoms with E-state index in [2.05, 4.69) is 0 Å². The molecule has 1 rings (SSSR count). The molecule has 0 aromatic heterocycles. The maximum absolute atomic E-state index is 12.2. The van der Waals surface area contributed by atoms with E-state index in [1.54, 1.807) is 0 Å². The van der Waals surface area contributed by atoms with Gasteiger partial charge in [0.05, 0.1) is 6.10 Å². The Morgan fingerprint density at radius 3 is 2.31 bits per heavy atom. The lowest BCUT2D eigenvalue weighted by atomic mass is 10.2. The second-order valence-electron chi connectivity index (χ2n) is 3.06. The Morgan fingerprint density at radius 2 is 2.00 bits per heavy atom. The van der Waals surface area contributed by atoms with Gasteiger partial charge in [-0.05, 0) is 0 Å². The van der Waals surface area contributed by atoms with E-state index < -0.39 is 22.4 Å². The van der Waals surface area contributed by atoms with Crippen LogP contribution >= 0.6 is 22.6 Å². The first-order valence-corrected chi connectivity index (χ1v) is 4.95. The highest BCUT2D eigenvalue weighted by Crippen LogP contribution is 2.31. The summed E-state index contributed by atoms with van der Waals surface area (Å²) in [5.41, 5.74) is 5.39. The monoisotopic (exact) mass is 310 g/mol. The first-order chi connectivity index (χ1) is 5.82. The van der Waals surface area contributed by atoms with Crippen molar-refractivity contribution in [1.29, 1.82) is 0 Å². The summed E-state index contributed by atoms with van der Waals surface area (Å²) in [7, 11) is 0. The predicted molar refractivity (Wildman–Crippen MR) is 49.4 cm³/mol. The number of halogens is 4. The first-order valence-electron chi connectivity index (χ1n) is 3.71. The maximum atomic E-state index is 12.2. The molecule has 3 unspecified atom stereocenters. The van der Waals surface area contributed by atoms with E-state index in [9.17, 15) is 13.2 Å². The molecule has 1 aliphatic rings. The van der Waals surface area contributed by atoms with Crippen LogP contribution in [0.3, 0.4) is 0 Å². The number of likely N-dealkylation sites (tertiary alicyclic amines) is 1. The van der Waals surface area contributed by atoms with Crippen LogP contribution in [0.1, 0.15) is 0 Å². The zero-order valence-corrected chi connectivity index (χ0v) is 8.79. The summed E-state index contributed by atoms with van der Waals surface area (Å²) in [6, 6.07) is -0.570. The van der Waals surface area contributed by atoms with Crippen LogP contribution in [0.2, 0.25) is 0 Å². The topological polar surface area (TPSA) is 49.5 Å². The molecule has 78 valence electrons. The van der Waals surface area contributed by atoms with Crippen LogP contribution in [-0.4, -0.2) is 45.5 Å². The van der Waals surface area contributed by atoms with Gasteiger partial charge in [0.25, 0.3) is 0 Å². The fourth-order valence-electron chi connectivity index (χ4n) is 1.23. The summed E-state index contributed by atoms with van der Waals surface area (Å²) in [6.07, 6.45) is -5.11. The van der Waals surface area contributed by atoms with Gasteiger partial charge in [-0.2, -0.15) is 13.2 Å². The van der Waals surface area contributed by atoms with E-state index in [-0.39, 0.29) is 13.1 Å². The molecule has 0 spiro atoms. The number of rotatable bonds is 1. The number of hydrogen-bond acceptors (Lipinski definition) is 3. The largest absolute Gasteiger partial charge is 0.413 e. The molecule has 13 heavy (non-hydrogen) atoms. The van der Waals surface area contributed by atoms with Crippen LogP contribution in [0.15, 0.2) is 0 Å². The molecular formula is C6H10F3IN2O. The highest BCUT2D eigenvalue weighted by Gasteiger charge is 2.45. The van der Waals surface area contributed by atoms with Gasteiger partial charge in [-0.1, -0.05) is 22.6 Å². The van der Waals surface area contributed by atoms with Gasteiger partial charge in [0.1, 0.15) is 0 Å². The number of hydrogen-bond donors (Lipinski definition) is 2. The van der Waals surface area contributed by atoms with Crippen LogP contribution < -0.4 is 5.73 Å². The van der Waals surface area contributed by atoms with Crippen molar-refractivity contribution in [2.75, 3.05) is 13.1 Å². The lowest BCUT2D eigenvalue weighted by molar-refractivity contribution is -0.150. The normalized spacial score (nSPS) is 33.7. The minimum atomic E-state index is -4.26. The zero-order chi connectivity index (χ0) is 10.2. The maximum Gasteiger partial charge on any atom is 0.413 e. The third-order valence-corrected chi connectivity index (χ3v) is 3.45. The molecular weight excluding hydrogens is 300 g/mol. The number of β-amino-alcohol motifs (C(OH)–C–C–N with tert-alkyl or cyclic N) is 1. The third kappa shape index (κ3) is 2.67. The molecule has 3 N–H and O–H groups in total. The molecule has 0 aliphatic carbocycles. The van der Waals surface area contributed by atoms with E-state index in [0.717, 1.165) is 4.90 Å². The lowest BCUT2D eigenvalue weighted by Gasteiger charge is -2.24. The van der Waals surface area contributed by atoms with Crippen molar-refractivity contribution in [2.24, 2.45) is 5.73 Å². The molecule has 3 nitrogen and oxygen atoms in total. The van der Waals surface area contributed by atoms with Crippen molar-refractivity contribution in [3.8, 4) is 0 Å². The Labute approximate surface area is 87.2 Å². The molecule has 1 saturated heterocycles. The van der Waals surface area contributed by atoms with Gasteiger partial charge in [-0.25, -0.2) is 0 Å². The molecule has 3 atom stereocenters. The van der Waals surface area contributed by atoms with E-state index in [4.69, 9.17) is 10.8 Å². The van der Waals surface area contributed by atoms with Crippen molar-refractivity contribution in [1.82, 2.24) is 4.90 Å². The molecule has 0 saturated carbocycles. The molecule has 1 heterocycles. The van der Waals surface area contributed by atoms with E-state index in [0.29, 0.717) is 0 Å². The average molecular weight is 310 g/mol. The average Bonchev–Trinajstić information content (AvgIpc) is 2.29. The number of aliphatic hydroxyl groups excluding tert-OH is 1. The molecule has 7 heteroatoms. The second-order valence-corrected chi connectivity index (χ2v) is 4.24. The Balaban J connectivity index is 2.56. The Morgan fingerprint density at radius 1 is 1.46 bits per heavy atom. The second kappa shape index (κ2) is 3.87. The molecule has 1 aliphatic heterocycles. The van der Waals surface area contributed by atoms with Crippen molar-refractivity contribution in [2.45, 2.75) is 22.4 Å². The van der Waals surface area contributed by atoms with E-state index >= 15 is 0 Å². The van der Waals surface area contributed by atoms with Gasteiger partial charge in [0.2, 0.25) is 0 Å². The summed E-state index contributed by atoms with van der Waals surface area (Å²) in [5.74, 6) is 0. The summed E-state index contributed by atoms with van der Waals surface area (Å²) >= 11 is 1.30. The number of nitrogens with zero attached hydrogens (tertiary/aromatic N) is 1. The smallest absolute Gasteiger partial charge is 0.390 e. The van der Waals surface area contributed by atoms with Gasteiger partial charge in [0.15, 0.2) is 4.05 Å². The number of nitrogens with two attached hydrogens (primary N) is 1. The molecule has 1 fully saturated rings. The SMILES string of the molecule is NC1CN(C(I)C(F)(F)F)CC1O. The van der Waals surface area contributed by atoms with E-state index in [1.165, 1.54) is 22.6 Å². The Kier molecular flexibility index (Phi) is 3.42. The van der Waals surface area contributed by atoms with Gasteiger partial charge in [-0.15, -0.1) is 0 Å². The predicted octanol–water partition coefficient (Wildman–Crippen LogP) is 0.314. The van der Waals surface area contributed by atoms with Crippen molar-refractivity contribution in [3.05, 3.63) is 0 Å². The summed E-state index contributed by atoms with van der Waals surface area (Å²) in [4.78, 5) is 1.13. The molecule has 0 aromatic carbocycles. The molecule has 0 bridgehead atoms. The van der Waals surface area contributed by atoms with Gasteiger partial charge < -0.3 is 10.8 Å². The minimum absolute atomic E-state index is 0.00567. The fourth-order valence-corrected chi connectivity index (χ4v) is 1.69. The van der Waals surface area contributed by atoms with Gasteiger partial charge >= 0.3 is 6.18 Å². The minimum Gasteiger partial charge on any atom is -0.390 e. The Hall–Kier alpha value is 0.400. The molecule has 0 aromatic rings. The van der Waals surface area contributed by atoms with Gasteiger partial charge in [-0.3, -0.25) is 4.90 Å². The standard InChI is InChI=1S/C6H10F3IN2O/c7-6(8,9)5(10)12-1-3(11)4(13)2-12/h3-5,13H,1-2,11H2. The van der Waals surface area contributed by atoms with Crippen molar-refractivity contribution >= 4 is 22.6 Å². The van der Waals surface area contributed by atoms with Crippen LogP contribution in [0, 0.1) is 0 Å². The van der Waals surface area contributed by atoms with Crippen molar-refractivity contribution in [3.63, 3.8) is 0 Å². The van der Waals surface area contributed by atoms with Crippen LogP contribution in [0.25, 0.3) is 0 Å². The first kappa shape index (κ1) is 11.5. The molecule has 0 amide bonds. The molecule has 0 radical (unpaired) electrons. The Bertz CT molecular complexity index is 179. The fraction of sp³-hybridized carbons (Fsp3) is 1.00. The lowest BCUT2D eigenvalue weighted by Crippen LogP contribution is -2.41. The van der Waals surface area contributed by atoms with E-state index in [1.807, 2.05) is 0 Å². The highest BCUT2D eigenvalue weighted by atomic mass is 127. The number of alkyl halides is 4. The third-order valence-electron chi connectivity index (χ3n) is 1.95. The van der Waals surface area contributed by atoms with Gasteiger partial charge in [0, 0.05) is 19.1 Å². The highest BCUT2D eigenvalue weighted by molar-refractivity contribution is 14.1. The summed E-state index contributed by atoms with van der Waals surface area (Å²) < 4.78 is 35.0. The van der Waals surface area contributed by atoms with Crippen molar-refractivity contribution < 1.29 is 18.3 Å². The quantitative estimate of drug-likeness (QED) is 0.416. The zero-order valence-electron chi connectivity index (χ0n) is 6.63. The van der Waals surface area contributed by atoms with Crippen LogP contribution in [-0.2, 0) is 0 Å².